The van der Waals surface area contributed by atoms with Gasteiger partial charge in [0.05, 0.1) is 9.33 Å². The topological polar surface area (TPSA) is 51.2 Å². The third-order valence-corrected chi connectivity index (χ3v) is 19.1. The summed E-state index contributed by atoms with van der Waals surface area (Å²) in [6, 6.07) is 16.8. The number of hydrogen-bond donors (Lipinski definition) is 1. The number of thioether (sulfide) groups is 6. The Hall–Kier alpha value is 0.0600. The van der Waals surface area contributed by atoms with Crippen LogP contribution in [0.5, 0.6) is 11.5 Å². The lowest BCUT2D eigenvalue weighted by Crippen LogP contribution is -2.41. The van der Waals surface area contributed by atoms with Gasteiger partial charge in [0.2, 0.25) is 0 Å². The van der Waals surface area contributed by atoms with Gasteiger partial charge >= 0.3 is 0 Å². The molecular weight excluding hydrogens is 629 g/mol. The second kappa shape index (κ2) is 13.2. The average Bonchev–Trinajstić information content (AvgIpc) is 3.35. The predicted octanol–water partition coefficient (Wildman–Crippen LogP) is 7.71. The number of rotatable bonds is 13. The van der Waals surface area contributed by atoms with E-state index in [2.05, 4.69) is 75.3 Å². The number of aliphatic hydroxyl groups excluding tert-OH is 1. The molecule has 3 fully saturated rings. The van der Waals surface area contributed by atoms with Crippen LogP contribution in [-0.2, 0) is 10.2 Å². The Kier molecular flexibility index (Phi) is 10.4. The summed E-state index contributed by atoms with van der Waals surface area (Å²) in [6.07, 6.45) is 10.6. The summed E-state index contributed by atoms with van der Waals surface area (Å²) in [4.78, 5) is -0.106. The number of hydrogen-bond acceptors (Lipinski definition) is 10. The summed E-state index contributed by atoms with van der Waals surface area (Å²) < 4.78 is 18.7. The molecule has 0 aliphatic carbocycles. The van der Waals surface area contributed by atoms with E-state index >= 15 is 0 Å². The Labute approximate surface area is 271 Å². The maximum absolute atomic E-state index is 10.9. The van der Waals surface area contributed by atoms with Crippen molar-refractivity contribution < 1.29 is 19.3 Å². The summed E-state index contributed by atoms with van der Waals surface area (Å²) in [5.41, 5.74) is 2.27. The fourth-order valence-electron chi connectivity index (χ4n) is 6.04. The van der Waals surface area contributed by atoms with Crippen LogP contribution >= 0.6 is 70.6 Å². The molecule has 0 aromatic heterocycles. The van der Waals surface area contributed by atoms with Gasteiger partial charge in [-0.25, -0.2) is 0 Å². The molecule has 0 radical (unpaired) electrons. The maximum atomic E-state index is 10.9. The van der Waals surface area contributed by atoms with Gasteiger partial charge in [-0.3, -0.25) is 0 Å². The molecule has 3 aliphatic heterocycles. The van der Waals surface area contributed by atoms with Crippen molar-refractivity contribution in [3.05, 3.63) is 59.7 Å². The quantitative estimate of drug-likeness (QED) is 0.169. The Balaban J connectivity index is 1.15. The van der Waals surface area contributed by atoms with Crippen molar-refractivity contribution >= 4 is 70.6 Å². The minimum atomic E-state index is -0.494. The highest BCUT2D eigenvalue weighted by molar-refractivity contribution is 8.20. The second-order valence-corrected chi connectivity index (χ2v) is 18.7. The monoisotopic (exact) mass is 670 g/mol. The van der Waals surface area contributed by atoms with Crippen LogP contribution in [0.3, 0.4) is 0 Å². The number of benzene rings is 2. The zero-order valence-electron chi connectivity index (χ0n) is 24.7. The first-order valence-corrected chi connectivity index (χ1v) is 20.9. The molecular formula is C31H42O4S6. The van der Waals surface area contributed by atoms with Gasteiger partial charge < -0.3 is 19.3 Å². The van der Waals surface area contributed by atoms with Gasteiger partial charge in [0.25, 0.3) is 0 Å². The Morgan fingerprint density at radius 1 is 0.878 bits per heavy atom. The number of aliphatic hydroxyl groups is 1. The first-order chi connectivity index (χ1) is 19.7. The molecule has 3 saturated heterocycles. The van der Waals surface area contributed by atoms with E-state index in [1.807, 2.05) is 82.7 Å². The SMILES string of the molecule is CSC1(SC)CCSC1C(O)COc1ccc(C(C)(C)c2ccc(OCC3OC34SCCC4(SC)SC)cc2)cc1. The smallest absolute Gasteiger partial charge is 0.167 e. The van der Waals surface area contributed by atoms with Gasteiger partial charge in [0, 0.05) is 5.41 Å². The second-order valence-electron chi connectivity index (χ2n) is 11.2. The van der Waals surface area contributed by atoms with Gasteiger partial charge in [0.15, 0.2) is 4.93 Å². The fourth-order valence-corrected chi connectivity index (χ4v) is 15.5. The van der Waals surface area contributed by atoms with E-state index in [0.29, 0.717) is 13.2 Å². The van der Waals surface area contributed by atoms with E-state index in [1.54, 1.807) is 0 Å². The number of epoxide rings is 1. The highest BCUT2D eigenvalue weighted by atomic mass is 32.2. The Bertz CT molecular complexity index is 1100. The molecule has 4 nitrogen and oxygen atoms in total. The predicted molar refractivity (Wildman–Crippen MR) is 187 cm³/mol. The standard InChI is InChI=1S/C31H42O4S6/c1-28(2,21-7-11-23(12-8-21)33-19-25(32)27-29(36-3,37-4)15-17-40-27)22-9-13-24(14-10-22)34-20-26-31(35-26)30(38-5,39-6)16-18-41-31/h7-14,25-27,32H,15-20H2,1-6H3. The minimum Gasteiger partial charge on any atom is -0.491 e. The zero-order valence-corrected chi connectivity index (χ0v) is 29.6. The van der Waals surface area contributed by atoms with E-state index in [1.165, 1.54) is 17.5 Å². The molecule has 0 bridgehead atoms. The van der Waals surface area contributed by atoms with Gasteiger partial charge in [-0.1, -0.05) is 38.1 Å². The molecule has 2 aromatic rings. The molecule has 41 heavy (non-hydrogen) atoms. The van der Waals surface area contributed by atoms with Crippen molar-refractivity contribution in [1.29, 1.82) is 0 Å². The van der Waals surface area contributed by atoms with E-state index in [0.717, 1.165) is 29.4 Å². The molecule has 2 aromatic carbocycles. The normalized spacial score (nSPS) is 27.2. The van der Waals surface area contributed by atoms with E-state index in [9.17, 15) is 5.11 Å². The molecule has 1 N–H and O–H groups in total. The van der Waals surface area contributed by atoms with Crippen molar-refractivity contribution in [3.8, 4) is 11.5 Å². The van der Waals surface area contributed by atoms with E-state index < -0.39 is 6.10 Å². The van der Waals surface area contributed by atoms with Crippen molar-refractivity contribution in [1.82, 2.24) is 0 Å². The van der Waals surface area contributed by atoms with Crippen molar-refractivity contribution in [2.45, 2.75) is 62.7 Å². The third-order valence-electron chi connectivity index (χ3n) is 8.82. The zero-order chi connectivity index (χ0) is 29.3. The molecule has 3 heterocycles. The fraction of sp³-hybridized carbons (Fsp3) is 0.613. The Morgan fingerprint density at radius 3 is 2.02 bits per heavy atom. The molecule has 4 atom stereocenters. The van der Waals surface area contributed by atoms with E-state index in [-0.39, 0.29) is 29.9 Å². The molecule has 1 spiro atoms. The molecule has 4 unspecified atom stereocenters. The highest BCUT2D eigenvalue weighted by Gasteiger charge is 2.72. The molecule has 5 rings (SSSR count). The van der Waals surface area contributed by atoms with Crippen molar-refractivity contribution in [3.63, 3.8) is 0 Å². The summed E-state index contributed by atoms with van der Waals surface area (Å²) in [5.74, 6) is 3.91. The van der Waals surface area contributed by atoms with E-state index in [4.69, 9.17) is 14.2 Å². The van der Waals surface area contributed by atoms with Crippen molar-refractivity contribution in [2.75, 3.05) is 49.7 Å². The molecule has 10 heteroatoms. The van der Waals surface area contributed by atoms with Gasteiger partial charge in [-0.15, -0.1) is 58.8 Å². The van der Waals surface area contributed by atoms with Crippen LogP contribution in [0.1, 0.15) is 37.8 Å². The van der Waals surface area contributed by atoms with Crippen LogP contribution in [0.2, 0.25) is 0 Å². The molecule has 226 valence electrons. The first kappa shape index (κ1) is 32.5. The molecule has 0 saturated carbocycles. The maximum Gasteiger partial charge on any atom is 0.167 e. The lowest BCUT2D eigenvalue weighted by Gasteiger charge is -2.34. The van der Waals surface area contributed by atoms with Gasteiger partial charge in [-0.2, -0.15) is 11.8 Å². The van der Waals surface area contributed by atoms with Crippen LogP contribution in [0.15, 0.2) is 48.5 Å². The largest absolute Gasteiger partial charge is 0.491 e. The lowest BCUT2D eigenvalue weighted by molar-refractivity contribution is 0.104. The van der Waals surface area contributed by atoms with Crippen LogP contribution in [-0.4, -0.2) is 85.4 Å². The molecule has 3 aliphatic rings. The van der Waals surface area contributed by atoms with Gasteiger partial charge in [0.1, 0.15) is 41.0 Å². The van der Waals surface area contributed by atoms with Gasteiger partial charge in [-0.05, 0) is 84.8 Å². The third kappa shape index (κ3) is 6.16. The van der Waals surface area contributed by atoms with Crippen molar-refractivity contribution in [2.24, 2.45) is 0 Å². The summed E-state index contributed by atoms with van der Waals surface area (Å²) in [7, 11) is 0. The first-order valence-electron chi connectivity index (χ1n) is 14.0. The lowest BCUT2D eigenvalue weighted by atomic mass is 9.78. The van der Waals surface area contributed by atoms with Crippen LogP contribution in [0.25, 0.3) is 0 Å². The van der Waals surface area contributed by atoms with Crippen LogP contribution in [0, 0.1) is 0 Å². The number of ether oxygens (including phenoxy) is 3. The minimum absolute atomic E-state index is 0.0686. The highest BCUT2D eigenvalue weighted by Crippen LogP contribution is 2.68. The average molecular weight is 671 g/mol. The molecule has 0 amide bonds. The van der Waals surface area contributed by atoms with Crippen LogP contribution < -0.4 is 9.47 Å². The van der Waals surface area contributed by atoms with Crippen LogP contribution in [0.4, 0.5) is 0 Å². The summed E-state index contributed by atoms with van der Waals surface area (Å²) in [6.45, 7) is 5.39. The Morgan fingerprint density at radius 2 is 1.46 bits per heavy atom. The summed E-state index contributed by atoms with van der Waals surface area (Å²) in [5, 5.41) is 11.1. The summed E-state index contributed by atoms with van der Waals surface area (Å²) >= 11 is 11.4.